The Morgan fingerprint density at radius 3 is 3.17 bits per heavy atom. The molecule has 0 aliphatic carbocycles. The molecule has 0 unspecified atom stereocenters. The summed E-state index contributed by atoms with van der Waals surface area (Å²) in [4.78, 5) is 11.3. The van der Waals surface area contributed by atoms with Gasteiger partial charge in [-0.15, -0.1) is 0 Å². The number of aromatic nitrogens is 1. The summed E-state index contributed by atoms with van der Waals surface area (Å²) < 4.78 is 2.09. The van der Waals surface area contributed by atoms with Gasteiger partial charge in [-0.3, -0.25) is 4.79 Å². The zero-order chi connectivity index (χ0) is 8.55. The van der Waals surface area contributed by atoms with Crippen LogP contribution in [0.1, 0.15) is 22.6 Å². The molecule has 2 nitrogen and oxygen atoms in total. The summed E-state index contributed by atoms with van der Waals surface area (Å²) in [6, 6.07) is 3.92. The van der Waals surface area contributed by atoms with Gasteiger partial charge in [-0.05, 0) is 31.1 Å². The second-order valence-electron chi connectivity index (χ2n) is 3.03. The van der Waals surface area contributed by atoms with Crippen molar-refractivity contribution in [3.05, 3.63) is 36.2 Å². The number of ketones is 1. The molecule has 0 amide bonds. The maximum Gasteiger partial charge on any atom is 0.201 e. The van der Waals surface area contributed by atoms with Crippen molar-refractivity contribution in [2.45, 2.75) is 19.4 Å². The van der Waals surface area contributed by atoms with Crippen LogP contribution in [0, 0.1) is 0 Å². The predicted octanol–water partition coefficient (Wildman–Crippen LogP) is 1.80. The number of hydrogen-bond donors (Lipinski definition) is 0. The van der Waals surface area contributed by atoms with Crippen molar-refractivity contribution in [3.8, 4) is 0 Å². The summed E-state index contributed by atoms with van der Waals surface area (Å²) >= 11 is 0. The van der Waals surface area contributed by atoms with E-state index in [1.165, 1.54) is 11.8 Å². The van der Waals surface area contributed by atoms with E-state index in [-0.39, 0.29) is 5.78 Å². The van der Waals surface area contributed by atoms with Crippen molar-refractivity contribution in [1.29, 1.82) is 0 Å². The molecule has 0 aromatic carbocycles. The maximum atomic E-state index is 11.3. The van der Waals surface area contributed by atoms with Gasteiger partial charge in [-0.2, -0.15) is 0 Å². The van der Waals surface area contributed by atoms with Gasteiger partial charge in [-0.25, -0.2) is 0 Å². The van der Waals surface area contributed by atoms with Crippen molar-refractivity contribution >= 4 is 5.78 Å². The topological polar surface area (TPSA) is 22.0 Å². The van der Waals surface area contributed by atoms with E-state index < -0.39 is 0 Å². The molecule has 2 rings (SSSR count). The Kier molecular flexibility index (Phi) is 1.61. The fourth-order valence-electron chi connectivity index (χ4n) is 1.73. The third-order valence-corrected chi connectivity index (χ3v) is 2.32. The molecule has 12 heavy (non-hydrogen) atoms. The van der Waals surface area contributed by atoms with Gasteiger partial charge in [0.25, 0.3) is 0 Å². The largest absolute Gasteiger partial charge is 0.342 e. The van der Waals surface area contributed by atoms with Crippen LogP contribution < -0.4 is 0 Å². The molecule has 0 saturated carbocycles. The summed E-state index contributed by atoms with van der Waals surface area (Å²) in [6.07, 6.45) is 3.64. The highest BCUT2D eigenvalue weighted by molar-refractivity contribution is 6.03. The van der Waals surface area contributed by atoms with Crippen LogP contribution in [-0.2, 0) is 13.0 Å². The first-order valence-electron chi connectivity index (χ1n) is 4.18. The van der Waals surface area contributed by atoms with E-state index in [1.54, 1.807) is 0 Å². The number of hydrogen-bond acceptors (Lipinski definition) is 1. The highest BCUT2D eigenvalue weighted by Gasteiger charge is 2.16. The number of allylic oxidation sites excluding steroid dienone is 1. The minimum absolute atomic E-state index is 0.0307. The molecule has 1 aromatic heterocycles. The van der Waals surface area contributed by atoms with E-state index in [0.29, 0.717) is 0 Å². The van der Waals surface area contributed by atoms with Crippen LogP contribution in [0.15, 0.2) is 24.8 Å². The number of fused-ring (bicyclic) bond motifs is 1. The number of carbonyl (C=O) groups excluding carboxylic acids is 1. The second-order valence-corrected chi connectivity index (χ2v) is 3.03. The van der Waals surface area contributed by atoms with Gasteiger partial charge in [0.15, 0.2) is 0 Å². The van der Waals surface area contributed by atoms with E-state index in [1.807, 2.05) is 12.1 Å². The van der Waals surface area contributed by atoms with Crippen molar-refractivity contribution in [3.63, 3.8) is 0 Å². The first kappa shape index (κ1) is 7.35. The van der Waals surface area contributed by atoms with Crippen LogP contribution in [0.5, 0.6) is 0 Å². The lowest BCUT2D eigenvalue weighted by atomic mass is 10.2. The molecule has 0 atom stereocenters. The molecule has 0 radical (unpaired) electrons. The highest BCUT2D eigenvalue weighted by atomic mass is 16.1. The zero-order valence-corrected chi connectivity index (χ0v) is 6.92. The Bertz CT molecular complexity index is 336. The molecule has 1 aliphatic heterocycles. The number of carbonyl (C=O) groups is 1. The van der Waals surface area contributed by atoms with Gasteiger partial charge >= 0.3 is 0 Å². The third-order valence-electron chi connectivity index (χ3n) is 2.32. The molecule has 2 heteroatoms. The van der Waals surface area contributed by atoms with E-state index in [4.69, 9.17) is 0 Å². The Morgan fingerprint density at radius 1 is 1.58 bits per heavy atom. The van der Waals surface area contributed by atoms with Crippen molar-refractivity contribution in [2.75, 3.05) is 0 Å². The lowest BCUT2D eigenvalue weighted by Gasteiger charge is -2.00. The van der Waals surface area contributed by atoms with Crippen LogP contribution in [0.4, 0.5) is 0 Å². The Morgan fingerprint density at radius 2 is 2.42 bits per heavy atom. The SMILES string of the molecule is C=CC(=O)c1ccc2n1CCC2. The van der Waals surface area contributed by atoms with Gasteiger partial charge in [0.1, 0.15) is 0 Å². The van der Waals surface area contributed by atoms with E-state index in [2.05, 4.69) is 11.1 Å². The van der Waals surface area contributed by atoms with Crippen LogP contribution >= 0.6 is 0 Å². The molecular weight excluding hydrogens is 150 g/mol. The maximum absolute atomic E-state index is 11.3. The molecule has 2 heterocycles. The van der Waals surface area contributed by atoms with E-state index in [0.717, 1.165) is 25.1 Å². The summed E-state index contributed by atoms with van der Waals surface area (Å²) in [5, 5.41) is 0. The molecule has 1 aromatic rings. The van der Waals surface area contributed by atoms with Gasteiger partial charge < -0.3 is 4.57 Å². The van der Waals surface area contributed by atoms with E-state index >= 15 is 0 Å². The Hall–Kier alpha value is -1.31. The quantitative estimate of drug-likeness (QED) is 0.479. The van der Waals surface area contributed by atoms with Crippen molar-refractivity contribution < 1.29 is 4.79 Å². The molecule has 0 bridgehead atoms. The molecule has 62 valence electrons. The summed E-state index contributed by atoms with van der Waals surface area (Å²) in [6.45, 7) is 4.46. The zero-order valence-electron chi connectivity index (χ0n) is 6.92. The van der Waals surface area contributed by atoms with Crippen LogP contribution in [0.3, 0.4) is 0 Å². The summed E-state index contributed by atoms with van der Waals surface area (Å²) in [5.41, 5.74) is 2.07. The van der Waals surface area contributed by atoms with Crippen LogP contribution in [-0.4, -0.2) is 10.4 Å². The second kappa shape index (κ2) is 2.63. The van der Waals surface area contributed by atoms with Crippen molar-refractivity contribution in [2.24, 2.45) is 0 Å². The normalized spacial score (nSPS) is 14.3. The molecule has 0 N–H and O–H groups in total. The van der Waals surface area contributed by atoms with Gasteiger partial charge in [0.2, 0.25) is 5.78 Å². The minimum Gasteiger partial charge on any atom is -0.342 e. The average molecular weight is 161 g/mol. The van der Waals surface area contributed by atoms with Crippen LogP contribution in [0.25, 0.3) is 0 Å². The van der Waals surface area contributed by atoms with Crippen LogP contribution in [0.2, 0.25) is 0 Å². The highest BCUT2D eigenvalue weighted by Crippen LogP contribution is 2.19. The fraction of sp³-hybridized carbons (Fsp3) is 0.300. The Labute approximate surface area is 71.5 Å². The fourth-order valence-corrected chi connectivity index (χ4v) is 1.73. The first-order valence-corrected chi connectivity index (χ1v) is 4.18. The summed E-state index contributed by atoms with van der Waals surface area (Å²) in [5.74, 6) is 0.0307. The smallest absolute Gasteiger partial charge is 0.201 e. The first-order chi connectivity index (χ1) is 5.83. The average Bonchev–Trinajstić information content (AvgIpc) is 2.62. The number of aryl methyl sites for hydroxylation is 1. The molecule has 0 saturated heterocycles. The molecule has 1 aliphatic rings. The lowest BCUT2D eigenvalue weighted by molar-refractivity contribution is 0.103. The lowest BCUT2D eigenvalue weighted by Crippen LogP contribution is -2.04. The third kappa shape index (κ3) is 0.916. The monoisotopic (exact) mass is 161 g/mol. The van der Waals surface area contributed by atoms with Gasteiger partial charge in [0, 0.05) is 12.2 Å². The predicted molar refractivity (Wildman–Crippen MR) is 47.3 cm³/mol. The molecule has 0 fully saturated rings. The minimum atomic E-state index is 0.0307. The number of nitrogens with zero attached hydrogens (tertiary/aromatic N) is 1. The van der Waals surface area contributed by atoms with E-state index in [9.17, 15) is 4.79 Å². The number of rotatable bonds is 2. The Balaban J connectivity index is 2.45. The molecular formula is C10H11NO. The van der Waals surface area contributed by atoms with Gasteiger partial charge in [0.05, 0.1) is 5.69 Å². The van der Waals surface area contributed by atoms with Gasteiger partial charge in [-0.1, -0.05) is 6.58 Å². The van der Waals surface area contributed by atoms with Crippen molar-refractivity contribution in [1.82, 2.24) is 4.57 Å². The summed E-state index contributed by atoms with van der Waals surface area (Å²) in [7, 11) is 0. The standard InChI is InChI=1S/C10H11NO/c1-2-10(12)9-6-5-8-4-3-7-11(8)9/h2,5-6H,1,3-4,7H2. The molecule has 0 spiro atoms.